The SMILES string of the molecule is CCC(NC(=O)C(O)c1cncc(Br)c1)C(=O)Nc1ncc(C(C)CCCC(C)(C)OC)s1. The molecule has 182 valence electrons. The molecule has 33 heavy (non-hydrogen) atoms. The minimum absolute atomic E-state index is 0.132. The summed E-state index contributed by atoms with van der Waals surface area (Å²) in [5.74, 6) is -0.721. The zero-order chi connectivity index (χ0) is 24.6. The van der Waals surface area contributed by atoms with Crippen LogP contribution in [-0.2, 0) is 14.3 Å². The summed E-state index contributed by atoms with van der Waals surface area (Å²) in [7, 11) is 1.73. The Balaban J connectivity index is 1.91. The van der Waals surface area contributed by atoms with Crippen molar-refractivity contribution in [2.45, 2.75) is 77.0 Å². The van der Waals surface area contributed by atoms with Gasteiger partial charge in [-0.25, -0.2) is 4.98 Å². The smallest absolute Gasteiger partial charge is 0.254 e. The van der Waals surface area contributed by atoms with Crippen molar-refractivity contribution in [1.82, 2.24) is 15.3 Å². The highest BCUT2D eigenvalue weighted by molar-refractivity contribution is 9.10. The zero-order valence-corrected chi connectivity index (χ0v) is 22.1. The molecule has 8 nitrogen and oxygen atoms in total. The lowest BCUT2D eigenvalue weighted by Gasteiger charge is -2.23. The lowest BCUT2D eigenvalue weighted by molar-refractivity contribution is -0.133. The normalized spacial score (nSPS) is 14.4. The molecule has 0 saturated carbocycles. The van der Waals surface area contributed by atoms with Gasteiger partial charge >= 0.3 is 0 Å². The largest absolute Gasteiger partial charge is 0.379 e. The summed E-state index contributed by atoms with van der Waals surface area (Å²) in [6.45, 7) is 8.09. The molecule has 0 bridgehead atoms. The highest BCUT2D eigenvalue weighted by atomic mass is 79.9. The van der Waals surface area contributed by atoms with Crippen LogP contribution in [0.3, 0.4) is 0 Å². The van der Waals surface area contributed by atoms with Crippen LogP contribution in [0.4, 0.5) is 5.13 Å². The number of nitrogens with one attached hydrogen (secondary N) is 2. The first-order valence-electron chi connectivity index (χ1n) is 11.0. The number of aromatic nitrogens is 2. The monoisotopic (exact) mass is 540 g/mol. The van der Waals surface area contributed by atoms with E-state index in [-0.39, 0.29) is 11.5 Å². The van der Waals surface area contributed by atoms with E-state index in [4.69, 9.17) is 4.74 Å². The Morgan fingerprint density at radius 1 is 1.27 bits per heavy atom. The Bertz CT molecular complexity index is 937. The number of hydrogen-bond acceptors (Lipinski definition) is 7. The Morgan fingerprint density at radius 2 is 2.00 bits per heavy atom. The van der Waals surface area contributed by atoms with Crippen LogP contribution in [0.5, 0.6) is 0 Å². The van der Waals surface area contributed by atoms with E-state index in [2.05, 4.69) is 57.3 Å². The number of ether oxygens (including phenoxy) is 1. The third-order valence-electron chi connectivity index (χ3n) is 5.54. The number of halogens is 1. The van der Waals surface area contributed by atoms with Crippen LogP contribution in [-0.4, -0.2) is 45.6 Å². The fourth-order valence-corrected chi connectivity index (χ4v) is 4.46. The fourth-order valence-electron chi connectivity index (χ4n) is 3.18. The minimum Gasteiger partial charge on any atom is -0.379 e. The Hall–Kier alpha value is -1.88. The molecule has 2 rings (SSSR count). The maximum atomic E-state index is 12.7. The number of aliphatic hydroxyl groups excluding tert-OH is 1. The molecule has 2 aromatic heterocycles. The number of rotatable bonds is 12. The second-order valence-electron chi connectivity index (χ2n) is 8.62. The topological polar surface area (TPSA) is 113 Å². The van der Waals surface area contributed by atoms with Crippen LogP contribution in [0.25, 0.3) is 0 Å². The number of carbonyl (C=O) groups excluding carboxylic acids is 2. The summed E-state index contributed by atoms with van der Waals surface area (Å²) >= 11 is 4.70. The van der Waals surface area contributed by atoms with Crippen LogP contribution in [0.2, 0.25) is 0 Å². The predicted molar refractivity (Wildman–Crippen MR) is 133 cm³/mol. The summed E-state index contributed by atoms with van der Waals surface area (Å²) in [5, 5.41) is 16.2. The van der Waals surface area contributed by atoms with Gasteiger partial charge < -0.3 is 20.5 Å². The van der Waals surface area contributed by atoms with Crippen LogP contribution in [0.1, 0.15) is 75.8 Å². The summed E-state index contributed by atoms with van der Waals surface area (Å²) in [6.07, 6.45) is 6.69. The zero-order valence-electron chi connectivity index (χ0n) is 19.7. The number of anilines is 1. The quantitative estimate of drug-likeness (QED) is 0.363. The van der Waals surface area contributed by atoms with Crippen molar-refractivity contribution in [3.8, 4) is 0 Å². The van der Waals surface area contributed by atoms with Crippen molar-refractivity contribution in [3.63, 3.8) is 0 Å². The van der Waals surface area contributed by atoms with Gasteiger partial charge in [0.1, 0.15) is 6.04 Å². The number of nitrogens with zero attached hydrogens (tertiary/aromatic N) is 2. The lowest BCUT2D eigenvalue weighted by Crippen LogP contribution is -2.45. The Labute approximate surface area is 207 Å². The summed E-state index contributed by atoms with van der Waals surface area (Å²) in [4.78, 5) is 34.5. The van der Waals surface area contributed by atoms with E-state index in [1.807, 2.05) is 0 Å². The summed E-state index contributed by atoms with van der Waals surface area (Å²) in [6, 6.07) is 0.806. The average molecular weight is 542 g/mol. The second-order valence-corrected chi connectivity index (χ2v) is 10.6. The van der Waals surface area contributed by atoms with Crippen LogP contribution in [0.15, 0.2) is 29.1 Å². The van der Waals surface area contributed by atoms with E-state index in [9.17, 15) is 14.7 Å². The molecule has 3 unspecified atom stereocenters. The number of amides is 2. The first-order chi connectivity index (χ1) is 15.6. The van der Waals surface area contributed by atoms with Crippen molar-refractivity contribution in [1.29, 1.82) is 0 Å². The van der Waals surface area contributed by atoms with Gasteiger partial charge in [0.05, 0.1) is 5.60 Å². The molecular formula is C23H33BrN4O4S. The number of hydrogen-bond donors (Lipinski definition) is 3. The van der Waals surface area contributed by atoms with E-state index >= 15 is 0 Å². The maximum absolute atomic E-state index is 12.7. The maximum Gasteiger partial charge on any atom is 0.254 e. The third kappa shape index (κ3) is 8.44. The molecule has 10 heteroatoms. The van der Waals surface area contributed by atoms with Gasteiger partial charge in [-0.1, -0.05) is 13.8 Å². The second kappa shape index (κ2) is 12.5. The first kappa shape index (κ1) is 27.4. The molecule has 0 saturated heterocycles. The Kier molecular flexibility index (Phi) is 10.4. The van der Waals surface area contributed by atoms with Crippen molar-refractivity contribution in [2.24, 2.45) is 0 Å². The van der Waals surface area contributed by atoms with Gasteiger partial charge in [-0.3, -0.25) is 14.6 Å². The molecule has 2 amide bonds. The number of thiazole rings is 1. The number of pyridine rings is 1. The highest BCUT2D eigenvalue weighted by Crippen LogP contribution is 2.30. The first-order valence-corrected chi connectivity index (χ1v) is 12.6. The third-order valence-corrected chi connectivity index (χ3v) is 7.12. The summed E-state index contributed by atoms with van der Waals surface area (Å²) < 4.78 is 6.12. The predicted octanol–water partition coefficient (Wildman–Crippen LogP) is 4.57. The molecule has 2 heterocycles. The van der Waals surface area contributed by atoms with E-state index in [1.165, 1.54) is 17.5 Å². The van der Waals surface area contributed by atoms with Crippen molar-refractivity contribution in [3.05, 3.63) is 39.6 Å². The molecule has 0 aliphatic rings. The molecule has 0 aromatic carbocycles. The fraction of sp³-hybridized carbons (Fsp3) is 0.565. The molecule has 0 radical (unpaired) electrons. The lowest BCUT2D eigenvalue weighted by atomic mass is 9.96. The molecule has 0 aliphatic carbocycles. The molecular weight excluding hydrogens is 508 g/mol. The van der Waals surface area contributed by atoms with Gasteiger partial charge in [0.25, 0.3) is 5.91 Å². The average Bonchev–Trinajstić information content (AvgIpc) is 3.25. The minimum atomic E-state index is -1.42. The van der Waals surface area contributed by atoms with Crippen LogP contribution < -0.4 is 10.6 Å². The highest BCUT2D eigenvalue weighted by Gasteiger charge is 2.25. The van der Waals surface area contributed by atoms with Gasteiger partial charge in [-0.15, -0.1) is 11.3 Å². The van der Waals surface area contributed by atoms with E-state index in [0.717, 1.165) is 24.1 Å². The number of carbonyl (C=O) groups is 2. The summed E-state index contributed by atoms with van der Waals surface area (Å²) in [5.41, 5.74) is 0.206. The number of aliphatic hydroxyl groups is 1. The van der Waals surface area contributed by atoms with Gasteiger partial charge in [-0.05, 0) is 67.4 Å². The molecule has 0 fully saturated rings. The van der Waals surface area contributed by atoms with Crippen molar-refractivity contribution >= 4 is 44.2 Å². The standard InChI is InChI=1S/C23H33BrN4O4S/c1-6-17(27-21(31)19(29)15-10-16(24)12-25-11-15)20(30)28-22-26-13-18(33-22)14(2)8-7-9-23(3,4)32-5/h10-14,17,19,29H,6-9H2,1-5H3,(H,27,31)(H,26,28,30). The molecule has 0 aliphatic heterocycles. The van der Waals surface area contributed by atoms with E-state index in [0.29, 0.717) is 27.5 Å². The van der Waals surface area contributed by atoms with Crippen LogP contribution in [0, 0.1) is 0 Å². The number of methoxy groups -OCH3 is 1. The van der Waals surface area contributed by atoms with E-state index in [1.54, 1.807) is 32.5 Å². The molecule has 2 aromatic rings. The Morgan fingerprint density at radius 3 is 2.64 bits per heavy atom. The molecule has 3 N–H and O–H groups in total. The van der Waals surface area contributed by atoms with Gasteiger partial charge in [0.2, 0.25) is 5.91 Å². The van der Waals surface area contributed by atoms with Crippen molar-refractivity contribution in [2.75, 3.05) is 12.4 Å². The van der Waals surface area contributed by atoms with Gasteiger partial charge in [0.15, 0.2) is 11.2 Å². The van der Waals surface area contributed by atoms with Crippen molar-refractivity contribution < 1.29 is 19.4 Å². The van der Waals surface area contributed by atoms with Gasteiger partial charge in [-0.2, -0.15) is 0 Å². The van der Waals surface area contributed by atoms with Crippen LogP contribution >= 0.6 is 27.3 Å². The van der Waals surface area contributed by atoms with E-state index < -0.39 is 18.1 Å². The van der Waals surface area contributed by atoms with Gasteiger partial charge in [0, 0.05) is 40.6 Å². The molecule has 0 spiro atoms. The molecule has 3 atom stereocenters.